The van der Waals surface area contributed by atoms with Gasteiger partial charge in [0, 0.05) is 5.71 Å². The molecule has 0 fully saturated rings. The Kier molecular flexibility index (Phi) is 2.41. The summed E-state index contributed by atoms with van der Waals surface area (Å²) in [5.74, 6) is 0.200. The molecule has 90 valence electrons. The number of H-pyrrole nitrogens is 1. The Hall–Kier alpha value is -2.14. The zero-order valence-corrected chi connectivity index (χ0v) is 10.2. The van der Waals surface area contributed by atoms with Crippen LogP contribution in [0.1, 0.15) is 6.92 Å². The molecule has 0 radical (unpaired) electrons. The molecule has 0 saturated carbocycles. The van der Waals surface area contributed by atoms with Crippen LogP contribution in [0.25, 0.3) is 11.3 Å². The lowest BCUT2D eigenvalue weighted by molar-refractivity contribution is 0.480. The molecule has 1 N–H and O–H groups in total. The van der Waals surface area contributed by atoms with Crippen molar-refractivity contribution in [1.82, 2.24) is 10.2 Å². The van der Waals surface area contributed by atoms with Crippen molar-refractivity contribution in [1.29, 1.82) is 0 Å². The van der Waals surface area contributed by atoms with Crippen LogP contribution in [0.15, 0.2) is 34.3 Å². The number of nitrogens with zero attached hydrogens (tertiary/aromatic N) is 2. The van der Waals surface area contributed by atoms with Gasteiger partial charge >= 0.3 is 0 Å². The zero-order chi connectivity index (χ0) is 12.7. The summed E-state index contributed by atoms with van der Waals surface area (Å²) in [6.07, 6.45) is 3.14. The Labute approximate surface area is 107 Å². The van der Waals surface area contributed by atoms with Crippen molar-refractivity contribution in [3.05, 3.63) is 39.8 Å². The van der Waals surface area contributed by atoms with E-state index in [1.54, 1.807) is 12.1 Å². The number of aliphatic imine (C=N–C) groups is 1. The molecule has 6 heteroatoms. The van der Waals surface area contributed by atoms with Crippen molar-refractivity contribution in [2.24, 2.45) is 4.99 Å². The molecular formula is C12H8ClN3O2. The van der Waals surface area contributed by atoms with Gasteiger partial charge in [-0.2, -0.15) is 5.10 Å². The minimum absolute atomic E-state index is 0.200. The predicted octanol–water partition coefficient (Wildman–Crippen LogP) is 2.53. The Balaban J connectivity index is 2.39. The normalized spacial score (nSPS) is 13.8. The summed E-state index contributed by atoms with van der Waals surface area (Å²) in [5.41, 5.74) is 1.98. The van der Waals surface area contributed by atoms with Gasteiger partial charge in [0.2, 0.25) is 5.43 Å². The maximum Gasteiger partial charge on any atom is 0.232 e. The zero-order valence-electron chi connectivity index (χ0n) is 9.40. The molecule has 18 heavy (non-hydrogen) atoms. The van der Waals surface area contributed by atoms with E-state index in [0.717, 1.165) is 5.71 Å². The van der Waals surface area contributed by atoms with Gasteiger partial charge in [-0.15, -0.1) is 0 Å². The summed E-state index contributed by atoms with van der Waals surface area (Å²) in [5, 5.41) is 6.78. The third kappa shape index (κ3) is 1.69. The Bertz CT molecular complexity index is 718. The van der Waals surface area contributed by atoms with E-state index in [4.69, 9.17) is 16.3 Å². The van der Waals surface area contributed by atoms with Crippen LogP contribution in [0.3, 0.4) is 0 Å². The van der Waals surface area contributed by atoms with Crippen LogP contribution >= 0.6 is 11.6 Å². The third-order valence-corrected chi connectivity index (χ3v) is 2.79. The molecule has 0 saturated heterocycles. The Morgan fingerprint density at radius 1 is 1.39 bits per heavy atom. The molecular weight excluding hydrogens is 254 g/mol. The number of allylic oxidation sites excluding steroid dienone is 1. The van der Waals surface area contributed by atoms with Gasteiger partial charge in [-0.25, -0.2) is 4.99 Å². The lowest BCUT2D eigenvalue weighted by Crippen LogP contribution is -2.10. The summed E-state index contributed by atoms with van der Waals surface area (Å²) in [7, 11) is 0. The lowest BCUT2D eigenvalue weighted by atomic mass is 10.1. The molecule has 1 aliphatic carbocycles. The number of nitrogens with one attached hydrogen (secondary N) is 1. The van der Waals surface area contributed by atoms with Gasteiger partial charge in [0.1, 0.15) is 10.8 Å². The first kappa shape index (κ1) is 11.0. The maximum atomic E-state index is 12.3. The van der Waals surface area contributed by atoms with E-state index < -0.39 is 0 Å². The van der Waals surface area contributed by atoms with E-state index in [2.05, 4.69) is 15.2 Å². The number of hydrogen-bond acceptors (Lipinski definition) is 4. The number of rotatable bonds is 0. The first-order chi connectivity index (χ1) is 8.65. The molecule has 0 atom stereocenters. The van der Waals surface area contributed by atoms with Gasteiger partial charge in [0.25, 0.3) is 0 Å². The van der Waals surface area contributed by atoms with Crippen molar-refractivity contribution in [3.63, 3.8) is 0 Å². The number of ether oxygens (including phenoxy) is 1. The monoisotopic (exact) mass is 261 g/mol. The number of aromatic nitrogens is 2. The molecule has 0 aromatic heterocycles. The molecule has 0 bridgehead atoms. The second kappa shape index (κ2) is 3.96. The molecule has 0 spiro atoms. The average Bonchev–Trinajstić information content (AvgIpc) is 2.52. The fraction of sp³-hybridized carbons (Fsp3) is 0.0833. The SMILES string of the molecule is CC1=Nc2cc3[nH]nc(Cl)cc-3c(=O)c2OC=C1. The molecule has 5 nitrogen and oxygen atoms in total. The van der Waals surface area contributed by atoms with Gasteiger partial charge in [0.05, 0.1) is 17.5 Å². The first-order valence-corrected chi connectivity index (χ1v) is 5.63. The van der Waals surface area contributed by atoms with Crippen LogP contribution in [0.4, 0.5) is 5.69 Å². The van der Waals surface area contributed by atoms with Crippen molar-refractivity contribution in [2.45, 2.75) is 6.92 Å². The van der Waals surface area contributed by atoms with Crippen LogP contribution in [0.2, 0.25) is 5.15 Å². The van der Waals surface area contributed by atoms with E-state index in [1.807, 2.05) is 6.92 Å². The molecule has 2 heterocycles. The van der Waals surface area contributed by atoms with E-state index in [9.17, 15) is 4.79 Å². The fourth-order valence-electron chi connectivity index (χ4n) is 1.77. The topological polar surface area (TPSA) is 67.3 Å². The average molecular weight is 262 g/mol. The quantitative estimate of drug-likeness (QED) is 0.792. The van der Waals surface area contributed by atoms with Gasteiger partial charge in [-0.1, -0.05) is 11.6 Å². The first-order valence-electron chi connectivity index (χ1n) is 5.25. The summed E-state index contributed by atoms with van der Waals surface area (Å²) in [6, 6.07) is 3.22. The summed E-state index contributed by atoms with van der Waals surface area (Å²) < 4.78 is 5.31. The molecule has 0 aromatic carbocycles. The van der Waals surface area contributed by atoms with Gasteiger partial charge in [-0.05, 0) is 25.1 Å². The third-order valence-electron chi connectivity index (χ3n) is 2.59. The standard InChI is InChI=1S/C12H8ClN3O2/c1-6-2-3-18-12-9(14-6)5-8-7(11(12)17)4-10(13)16-15-8/h2-5,15H,1H3. The van der Waals surface area contributed by atoms with E-state index >= 15 is 0 Å². The minimum Gasteiger partial charge on any atom is -0.458 e. The second-order valence-electron chi connectivity index (χ2n) is 3.88. The van der Waals surface area contributed by atoms with Crippen LogP contribution in [0.5, 0.6) is 5.75 Å². The van der Waals surface area contributed by atoms with Crippen molar-refractivity contribution in [2.75, 3.05) is 0 Å². The van der Waals surface area contributed by atoms with E-state index in [0.29, 0.717) is 16.9 Å². The van der Waals surface area contributed by atoms with Gasteiger partial charge in [0.15, 0.2) is 5.75 Å². The van der Waals surface area contributed by atoms with Crippen LogP contribution < -0.4 is 10.2 Å². The van der Waals surface area contributed by atoms with Gasteiger partial charge < -0.3 is 4.74 Å². The molecule has 3 aliphatic rings. The highest BCUT2D eigenvalue weighted by Crippen LogP contribution is 2.32. The van der Waals surface area contributed by atoms with E-state index in [1.165, 1.54) is 12.3 Å². The smallest absolute Gasteiger partial charge is 0.232 e. The van der Waals surface area contributed by atoms with Crippen molar-refractivity contribution in [3.8, 4) is 17.0 Å². The number of aromatic amines is 1. The number of fused-ring (bicyclic) bond motifs is 2. The molecule has 2 aliphatic heterocycles. The van der Waals surface area contributed by atoms with E-state index in [-0.39, 0.29) is 16.3 Å². The summed E-state index contributed by atoms with van der Waals surface area (Å²) in [6.45, 7) is 1.83. The highest BCUT2D eigenvalue weighted by molar-refractivity contribution is 6.29. The maximum absolute atomic E-state index is 12.3. The number of halogens is 1. The summed E-state index contributed by atoms with van der Waals surface area (Å²) in [4.78, 5) is 16.5. The van der Waals surface area contributed by atoms with Crippen LogP contribution in [-0.2, 0) is 0 Å². The molecule has 0 aromatic rings. The predicted molar refractivity (Wildman–Crippen MR) is 69.0 cm³/mol. The van der Waals surface area contributed by atoms with Crippen LogP contribution in [0, 0.1) is 0 Å². The van der Waals surface area contributed by atoms with Crippen molar-refractivity contribution >= 4 is 23.0 Å². The van der Waals surface area contributed by atoms with Crippen molar-refractivity contribution < 1.29 is 4.74 Å². The number of hydrogen-bond donors (Lipinski definition) is 1. The Morgan fingerprint density at radius 3 is 3.06 bits per heavy atom. The van der Waals surface area contributed by atoms with Gasteiger partial charge in [-0.3, -0.25) is 9.89 Å². The second-order valence-corrected chi connectivity index (χ2v) is 4.27. The fourth-order valence-corrected chi connectivity index (χ4v) is 1.92. The Morgan fingerprint density at radius 2 is 2.22 bits per heavy atom. The highest BCUT2D eigenvalue weighted by Gasteiger charge is 2.18. The highest BCUT2D eigenvalue weighted by atomic mass is 35.5. The lowest BCUT2D eigenvalue weighted by Gasteiger charge is -2.08. The number of benzene rings is 1. The molecule has 0 amide bonds. The molecule has 0 unspecified atom stereocenters. The largest absolute Gasteiger partial charge is 0.458 e. The minimum atomic E-state index is -0.258. The van der Waals surface area contributed by atoms with Crippen LogP contribution in [-0.4, -0.2) is 15.9 Å². The molecule has 3 rings (SSSR count). The summed E-state index contributed by atoms with van der Waals surface area (Å²) >= 11 is 5.77.